The second-order valence-corrected chi connectivity index (χ2v) is 6.52. The number of H-pyrrole nitrogens is 1. The van der Waals surface area contributed by atoms with Gasteiger partial charge in [0.1, 0.15) is 4.90 Å². The third-order valence-electron chi connectivity index (χ3n) is 2.07. The number of aromatic nitrogens is 2. The molecule has 0 fully saturated rings. The van der Waals surface area contributed by atoms with Gasteiger partial charge < -0.3 is 4.74 Å². The van der Waals surface area contributed by atoms with E-state index in [1.54, 1.807) is 13.8 Å². The van der Waals surface area contributed by atoms with Crippen molar-refractivity contribution < 1.29 is 17.9 Å². The zero-order chi connectivity index (χ0) is 13.9. The van der Waals surface area contributed by atoms with Gasteiger partial charge in [-0.05, 0) is 20.3 Å². The van der Waals surface area contributed by atoms with Crippen molar-refractivity contribution in [2.45, 2.75) is 44.6 Å². The van der Waals surface area contributed by atoms with Crippen LogP contribution in [0.5, 0.6) is 0 Å². The Morgan fingerprint density at radius 1 is 1.50 bits per heavy atom. The topological polar surface area (TPSA) is 89.1 Å². The van der Waals surface area contributed by atoms with Gasteiger partial charge in [-0.1, -0.05) is 13.3 Å². The van der Waals surface area contributed by atoms with E-state index in [0.29, 0.717) is 18.5 Å². The summed E-state index contributed by atoms with van der Waals surface area (Å²) in [5.74, 6) is -0.803. The fourth-order valence-electron chi connectivity index (χ4n) is 1.46. The third kappa shape index (κ3) is 3.46. The average molecular weight is 295 g/mol. The van der Waals surface area contributed by atoms with Crippen molar-refractivity contribution in [3.05, 3.63) is 11.4 Å². The highest BCUT2D eigenvalue weighted by Gasteiger charge is 2.29. The molecule has 0 saturated carbocycles. The Kier molecular flexibility index (Phi) is 4.75. The summed E-state index contributed by atoms with van der Waals surface area (Å²) in [6.45, 7) is 5.19. The van der Waals surface area contributed by atoms with Crippen LogP contribution in [0.1, 0.15) is 43.4 Å². The predicted molar refractivity (Wildman–Crippen MR) is 66.2 cm³/mol. The zero-order valence-corrected chi connectivity index (χ0v) is 11.9. The number of aryl methyl sites for hydroxylation is 1. The Balaban J connectivity index is 3.25. The first-order chi connectivity index (χ1) is 8.27. The third-order valence-corrected chi connectivity index (χ3v) is 3.46. The maximum atomic E-state index is 11.7. The van der Waals surface area contributed by atoms with Crippen molar-refractivity contribution in [3.63, 3.8) is 0 Å². The van der Waals surface area contributed by atoms with Crippen LogP contribution in [0.15, 0.2) is 4.90 Å². The van der Waals surface area contributed by atoms with Crippen molar-refractivity contribution in [2.75, 3.05) is 0 Å². The molecule has 1 N–H and O–H groups in total. The van der Waals surface area contributed by atoms with Gasteiger partial charge in [0.2, 0.25) is 0 Å². The van der Waals surface area contributed by atoms with Crippen molar-refractivity contribution in [2.24, 2.45) is 0 Å². The number of nitrogens with zero attached hydrogens (tertiary/aromatic N) is 1. The van der Waals surface area contributed by atoms with Crippen LogP contribution in [0.3, 0.4) is 0 Å². The van der Waals surface area contributed by atoms with Gasteiger partial charge in [0.05, 0.1) is 11.8 Å². The van der Waals surface area contributed by atoms with E-state index >= 15 is 0 Å². The van der Waals surface area contributed by atoms with Gasteiger partial charge >= 0.3 is 5.97 Å². The summed E-state index contributed by atoms with van der Waals surface area (Å²) in [5.41, 5.74) is 0.0327. The SMILES string of the molecule is CCCc1[nH]nc(C(=O)OC(C)C)c1S(=O)(=O)Cl. The molecule has 0 radical (unpaired) electrons. The van der Waals surface area contributed by atoms with E-state index in [1.165, 1.54) is 0 Å². The largest absolute Gasteiger partial charge is 0.458 e. The first-order valence-corrected chi connectivity index (χ1v) is 7.81. The summed E-state index contributed by atoms with van der Waals surface area (Å²) in [5, 5.41) is 6.21. The molecule has 8 heteroatoms. The van der Waals surface area contributed by atoms with Crippen LogP contribution in [0.4, 0.5) is 0 Å². The maximum Gasteiger partial charge on any atom is 0.360 e. The van der Waals surface area contributed by atoms with Crippen molar-refractivity contribution in [3.8, 4) is 0 Å². The van der Waals surface area contributed by atoms with E-state index in [9.17, 15) is 13.2 Å². The van der Waals surface area contributed by atoms with Crippen molar-refractivity contribution in [1.29, 1.82) is 0 Å². The molecule has 0 aromatic carbocycles. The number of ether oxygens (including phenoxy) is 1. The van der Waals surface area contributed by atoms with E-state index in [0.717, 1.165) is 0 Å². The Bertz CT molecular complexity index is 536. The van der Waals surface area contributed by atoms with Crippen LogP contribution in [-0.2, 0) is 20.2 Å². The van der Waals surface area contributed by atoms with Gasteiger partial charge in [-0.3, -0.25) is 5.10 Å². The standard InChI is InChI=1S/C10H15ClN2O4S/c1-4-5-7-9(18(11,15)16)8(13-12-7)10(14)17-6(2)3/h6H,4-5H2,1-3H3,(H,12,13). The minimum atomic E-state index is -4.05. The Morgan fingerprint density at radius 2 is 2.11 bits per heavy atom. The van der Waals surface area contributed by atoms with Crippen LogP contribution in [0, 0.1) is 0 Å². The molecule has 102 valence electrons. The molecule has 0 spiro atoms. The average Bonchev–Trinajstić information content (AvgIpc) is 2.60. The Morgan fingerprint density at radius 3 is 2.56 bits per heavy atom. The predicted octanol–water partition coefficient (Wildman–Crippen LogP) is 1.85. The molecule has 0 unspecified atom stereocenters. The summed E-state index contributed by atoms with van der Waals surface area (Å²) >= 11 is 0. The molecular weight excluding hydrogens is 280 g/mol. The number of nitrogens with one attached hydrogen (secondary N) is 1. The number of rotatable bonds is 5. The van der Waals surface area contributed by atoms with Crippen LogP contribution in [0.2, 0.25) is 0 Å². The summed E-state index contributed by atoms with van der Waals surface area (Å²) in [4.78, 5) is 11.4. The fraction of sp³-hybridized carbons (Fsp3) is 0.600. The van der Waals surface area contributed by atoms with Gasteiger partial charge in [-0.25, -0.2) is 13.2 Å². The van der Waals surface area contributed by atoms with Gasteiger partial charge in [0.15, 0.2) is 5.69 Å². The van der Waals surface area contributed by atoms with E-state index in [2.05, 4.69) is 10.2 Å². The summed E-state index contributed by atoms with van der Waals surface area (Å²) < 4.78 is 27.9. The molecule has 6 nitrogen and oxygen atoms in total. The highest BCUT2D eigenvalue weighted by molar-refractivity contribution is 8.13. The van der Waals surface area contributed by atoms with Crippen LogP contribution in [-0.4, -0.2) is 30.7 Å². The lowest BCUT2D eigenvalue weighted by atomic mass is 10.2. The molecule has 0 saturated heterocycles. The van der Waals surface area contributed by atoms with Crippen LogP contribution >= 0.6 is 10.7 Å². The summed E-state index contributed by atoms with van der Waals surface area (Å²) in [6.07, 6.45) is 0.762. The molecule has 1 heterocycles. The first kappa shape index (κ1) is 15.0. The number of hydrogen-bond donors (Lipinski definition) is 1. The zero-order valence-electron chi connectivity index (χ0n) is 10.4. The van der Waals surface area contributed by atoms with E-state index < -0.39 is 15.0 Å². The normalized spacial score (nSPS) is 11.8. The highest BCUT2D eigenvalue weighted by atomic mass is 35.7. The Labute approximate surface area is 110 Å². The Hall–Kier alpha value is -1.08. The number of carbonyl (C=O) groups excluding carboxylic acids is 1. The molecule has 1 aromatic rings. The lowest BCUT2D eigenvalue weighted by Crippen LogP contribution is -2.14. The molecule has 1 rings (SSSR count). The number of carbonyl (C=O) groups is 1. The van der Waals surface area contributed by atoms with E-state index in [4.69, 9.17) is 15.4 Å². The molecule has 0 aliphatic carbocycles. The minimum absolute atomic E-state index is 0.281. The number of halogens is 1. The second kappa shape index (κ2) is 5.71. The summed E-state index contributed by atoms with van der Waals surface area (Å²) in [7, 11) is 1.28. The molecule has 0 bridgehead atoms. The van der Waals surface area contributed by atoms with Gasteiger partial charge in [-0.2, -0.15) is 5.10 Å². The monoisotopic (exact) mass is 294 g/mol. The quantitative estimate of drug-likeness (QED) is 0.661. The van der Waals surface area contributed by atoms with Gasteiger partial charge in [-0.15, -0.1) is 0 Å². The molecule has 0 aliphatic rings. The fourth-order valence-corrected chi connectivity index (χ4v) is 2.76. The molecular formula is C10H15ClN2O4S. The van der Waals surface area contributed by atoms with Crippen LogP contribution < -0.4 is 0 Å². The molecule has 0 atom stereocenters. The smallest absolute Gasteiger partial charge is 0.360 e. The lowest BCUT2D eigenvalue weighted by Gasteiger charge is -2.06. The number of esters is 1. The highest BCUT2D eigenvalue weighted by Crippen LogP contribution is 2.24. The van der Waals surface area contributed by atoms with Gasteiger partial charge in [0, 0.05) is 10.7 Å². The maximum absolute atomic E-state index is 11.7. The number of aromatic amines is 1. The molecule has 18 heavy (non-hydrogen) atoms. The lowest BCUT2D eigenvalue weighted by molar-refractivity contribution is 0.0366. The first-order valence-electron chi connectivity index (χ1n) is 5.50. The molecule has 0 amide bonds. The second-order valence-electron chi connectivity index (χ2n) is 4.02. The van der Waals surface area contributed by atoms with Crippen molar-refractivity contribution >= 4 is 25.7 Å². The van der Waals surface area contributed by atoms with Crippen LogP contribution in [0.25, 0.3) is 0 Å². The van der Waals surface area contributed by atoms with E-state index in [-0.39, 0.29) is 16.7 Å². The van der Waals surface area contributed by atoms with E-state index in [1.807, 2.05) is 6.92 Å². The minimum Gasteiger partial charge on any atom is -0.458 e. The molecule has 1 aromatic heterocycles. The van der Waals surface area contributed by atoms with Crippen molar-refractivity contribution in [1.82, 2.24) is 10.2 Å². The number of hydrogen-bond acceptors (Lipinski definition) is 5. The summed E-state index contributed by atoms with van der Waals surface area (Å²) in [6, 6.07) is 0. The van der Waals surface area contributed by atoms with Gasteiger partial charge in [0.25, 0.3) is 9.05 Å². The molecule has 0 aliphatic heterocycles.